The molecule has 0 bridgehead atoms. The zero-order valence-corrected chi connectivity index (χ0v) is 10.0. The molecule has 0 amide bonds. The Bertz CT molecular complexity index is 295. The predicted molar refractivity (Wildman–Crippen MR) is 62.4 cm³/mol. The molecule has 1 aromatic heterocycles. The van der Waals surface area contributed by atoms with Crippen LogP contribution in [0.25, 0.3) is 0 Å². The highest BCUT2D eigenvalue weighted by atomic mass is 79.9. The monoisotopic (exact) mass is 255 g/mol. The third-order valence-electron chi connectivity index (χ3n) is 1.81. The molecule has 0 atom stereocenters. The summed E-state index contributed by atoms with van der Waals surface area (Å²) in [7, 11) is 0. The fraction of sp³-hybridized carbons (Fsp3) is 0.400. The molecule has 0 radical (unpaired) electrons. The molecule has 0 aromatic carbocycles. The van der Waals surface area contributed by atoms with Crippen LogP contribution in [0.4, 0.5) is 5.95 Å². The summed E-state index contributed by atoms with van der Waals surface area (Å²) in [4.78, 5) is 10.6. The predicted octanol–water partition coefficient (Wildman–Crippen LogP) is 2.64. The van der Waals surface area contributed by atoms with Crippen molar-refractivity contribution in [1.82, 2.24) is 9.97 Å². The van der Waals surface area contributed by atoms with Crippen molar-refractivity contribution < 1.29 is 0 Å². The molecule has 0 spiro atoms. The first-order valence-electron chi connectivity index (χ1n) is 4.50. The van der Waals surface area contributed by atoms with Gasteiger partial charge in [0.1, 0.15) is 0 Å². The maximum absolute atomic E-state index is 4.24. The normalized spacial score (nSPS) is 10.3. The average Bonchev–Trinajstić information content (AvgIpc) is 2.15. The van der Waals surface area contributed by atoms with Crippen LogP contribution >= 0.6 is 15.9 Å². The molecular weight excluding hydrogens is 242 g/mol. The molecule has 4 heteroatoms. The average molecular weight is 256 g/mol. The van der Waals surface area contributed by atoms with Gasteiger partial charge >= 0.3 is 0 Å². The van der Waals surface area contributed by atoms with Crippen LogP contribution in [-0.4, -0.2) is 22.6 Å². The van der Waals surface area contributed by atoms with Crippen LogP contribution in [0, 0.1) is 0 Å². The number of anilines is 1. The van der Waals surface area contributed by atoms with E-state index in [1.54, 1.807) is 12.4 Å². The molecular formula is C10H14BrN3. The van der Waals surface area contributed by atoms with E-state index >= 15 is 0 Å². The number of rotatable bonds is 4. The molecule has 76 valence electrons. The molecule has 1 aromatic rings. The first-order valence-corrected chi connectivity index (χ1v) is 5.29. The lowest BCUT2D eigenvalue weighted by Crippen LogP contribution is -2.32. The Labute approximate surface area is 93.0 Å². The van der Waals surface area contributed by atoms with Gasteiger partial charge in [-0.25, -0.2) is 9.97 Å². The Morgan fingerprint density at radius 3 is 2.50 bits per heavy atom. The van der Waals surface area contributed by atoms with Crippen molar-refractivity contribution in [2.24, 2.45) is 0 Å². The van der Waals surface area contributed by atoms with Gasteiger partial charge in [-0.3, -0.25) is 0 Å². The number of hydrogen-bond donors (Lipinski definition) is 0. The van der Waals surface area contributed by atoms with Gasteiger partial charge in [0.25, 0.3) is 0 Å². The Morgan fingerprint density at radius 2 is 2.07 bits per heavy atom. The summed E-state index contributed by atoms with van der Waals surface area (Å²) >= 11 is 3.31. The largest absolute Gasteiger partial charge is 0.335 e. The van der Waals surface area contributed by atoms with Gasteiger partial charge in [-0.05, 0) is 29.8 Å². The van der Waals surface area contributed by atoms with Gasteiger partial charge < -0.3 is 4.90 Å². The number of aromatic nitrogens is 2. The smallest absolute Gasteiger partial charge is 0.225 e. The van der Waals surface area contributed by atoms with Crippen LogP contribution in [0.5, 0.6) is 0 Å². The molecule has 0 fully saturated rings. The zero-order chi connectivity index (χ0) is 10.6. The maximum atomic E-state index is 4.24. The van der Waals surface area contributed by atoms with Crippen LogP contribution in [0.1, 0.15) is 13.8 Å². The summed E-state index contributed by atoms with van der Waals surface area (Å²) in [6.07, 6.45) is 5.35. The molecule has 0 aliphatic carbocycles. The second-order valence-corrected chi connectivity index (χ2v) is 4.15. The summed E-state index contributed by atoms with van der Waals surface area (Å²) in [6.45, 7) is 8.69. The van der Waals surface area contributed by atoms with Gasteiger partial charge in [-0.1, -0.05) is 6.08 Å². The molecule has 3 nitrogen and oxygen atoms in total. The van der Waals surface area contributed by atoms with Gasteiger partial charge in [-0.15, -0.1) is 6.58 Å². The van der Waals surface area contributed by atoms with Crippen molar-refractivity contribution in [1.29, 1.82) is 0 Å². The Balaban J connectivity index is 2.87. The summed E-state index contributed by atoms with van der Waals surface area (Å²) in [5.41, 5.74) is 0. The summed E-state index contributed by atoms with van der Waals surface area (Å²) in [5.74, 6) is 0.739. The van der Waals surface area contributed by atoms with Crippen molar-refractivity contribution in [2.75, 3.05) is 11.4 Å². The Kier molecular flexibility index (Phi) is 4.07. The quantitative estimate of drug-likeness (QED) is 0.775. The van der Waals surface area contributed by atoms with E-state index in [0.717, 1.165) is 17.0 Å². The van der Waals surface area contributed by atoms with Crippen molar-refractivity contribution >= 4 is 21.9 Å². The highest BCUT2D eigenvalue weighted by Crippen LogP contribution is 2.13. The van der Waals surface area contributed by atoms with E-state index in [4.69, 9.17) is 0 Å². The van der Waals surface area contributed by atoms with E-state index in [0.29, 0.717) is 6.04 Å². The Hall–Kier alpha value is -0.900. The standard InChI is InChI=1S/C10H14BrN3/c1-4-5-14(8(2)3)10-12-6-9(11)7-13-10/h4,6-8H,1,5H2,2-3H3. The topological polar surface area (TPSA) is 29.0 Å². The minimum Gasteiger partial charge on any atom is -0.335 e. The van der Waals surface area contributed by atoms with Crippen LogP contribution in [-0.2, 0) is 0 Å². The lowest BCUT2D eigenvalue weighted by atomic mass is 10.3. The zero-order valence-electron chi connectivity index (χ0n) is 8.44. The summed E-state index contributed by atoms with van der Waals surface area (Å²) in [6, 6.07) is 0.370. The number of nitrogens with zero attached hydrogens (tertiary/aromatic N) is 3. The van der Waals surface area contributed by atoms with E-state index in [9.17, 15) is 0 Å². The van der Waals surface area contributed by atoms with E-state index in [1.165, 1.54) is 0 Å². The molecule has 14 heavy (non-hydrogen) atoms. The highest BCUT2D eigenvalue weighted by molar-refractivity contribution is 9.10. The minimum atomic E-state index is 0.370. The lowest BCUT2D eigenvalue weighted by Gasteiger charge is -2.24. The first-order chi connectivity index (χ1) is 6.65. The molecule has 1 heterocycles. The van der Waals surface area contributed by atoms with Crippen molar-refractivity contribution in [3.8, 4) is 0 Å². The van der Waals surface area contributed by atoms with E-state index < -0.39 is 0 Å². The second-order valence-electron chi connectivity index (χ2n) is 3.24. The first kappa shape index (κ1) is 11.2. The van der Waals surface area contributed by atoms with Crippen molar-refractivity contribution in [3.05, 3.63) is 29.5 Å². The van der Waals surface area contributed by atoms with Crippen LogP contribution in [0.2, 0.25) is 0 Å². The van der Waals surface area contributed by atoms with Gasteiger partial charge in [0.15, 0.2) is 0 Å². The lowest BCUT2D eigenvalue weighted by molar-refractivity contribution is 0.699. The molecule has 0 aliphatic heterocycles. The van der Waals surface area contributed by atoms with Gasteiger partial charge in [0.2, 0.25) is 5.95 Å². The fourth-order valence-electron chi connectivity index (χ4n) is 1.12. The van der Waals surface area contributed by atoms with Gasteiger partial charge in [0.05, 0.1) is 4.47 Å². The fourth-order valence-corrected chi connectivity index (χ4v) is 1.32. The molecule has 0 saturated heterocycles. The minimum absolute atomic E-state index is 0.370. The molecule has 0 unspecified atom stereocenters. The number of hydrogen-bond acceptors (Lipinski definition) is 3. The van der Waals surface area contributed by atoms with Crippen LogP contribution < -0.4 is 4.90 Å². The van der Waals surface area contributed by atoms with E-state index in [-0.39, 0.29) is 0 Å². The second kappa shape index (κ2) is 5.10. The third-order valence-corrected chi connectivity index (χ3v) is 2.22. The summed E-state index contributed by atoms with van der Waals surface area (Å²) in [5, 5.41) is 0. The molecule has 0 saturated carbocycles. The van der Waals surface area contributed by atoms with Gasteiger partial charge in [0, 0.05) is 25.0 Å². The van der Waals surface area contributed by atoms with E-state index in [2.05, 4.69) is 51.2 Å². The van der Waals surface area contributed by atoms with Crippen molar-refractivity contribution in [3.63, 3.8) is 0 Å². The number of halogens is 1. The highest BCUT2D eigenvalue weighted by Gasteiger charge is 2.10. The van der Waals surface area contributed by atoms with Crippen molar-refractivity contribution in [2.45, 2.75) is 19.9 Å². The SMILES string of the molecule is C=CCN(c1ncc(Br)cn1)C(C)C. The summed E-state index contributed by atoms with van der Waals surface area (Å²) < 4.78 is 0.892. The van der Waals surface area contributed by atoms with Crippen LogP contribution in [0.3, 0.4) is 0 Å². The molecule has 0 aliphatic rings. The third kappa shape index (κ3) is 2.80. The maximum Gasteiger partial charge on any atom is 0.225 e. The molecule has 0 N–H and O–H groups in total. The molecule has 1 rings (SSSR count). The Morgan fingerprint density at radius 1 is 1.50 bits per heavy atom. The van der Waals surface area contributed by atoms with Crippen LogP contribution in [0.15, 0.2) is 29.5 Å². The van der Waals surface area contributed by atoms with E-state index in [1.807, 2.05) is 6.08 Å². The van der Waals surface area contributed by atoms with Gasteiger partial charge in [-0.2, -0.15) is 0 Å².